The van der Waals surface area contributed by atoms with Crippen molar-refractivity contribution in [3.8, 4) is 0 Å². The predicted octanol–water partition coefficient (Wildman–Crippen LogP) is 0.548. The number of ether oxygens (including phenoxy) is 1. The molecule has 3 unspecified atom stereocenters. The summed E-state index contributed by atoms with van der Waals surface area (Å²) in [7, 11) is 0. The first-order valence-corrected chi connectivity index (χ1v) is 6.90. The summed E-state index contributed by atoms with van der Waals surface area (Å²) in [5, 5.41) is 12.5. The van der Waals surface area contributed by atoms with Gasteiger partial charge in [0.05, 0.1) is 6.10 Å². The standard InChI is InChI=1S/C13H24N2O3/c1-9(2)12-7-10(3-6-18-12)15-5-4-14-8-11(15)13(16)17/h9-12,14H,3-8H2,1-2H3,(H,16,17). The molecule has 0 aromatic rings. The second kappa shape index (κ2) is 5.99. The summed E-state index contributed by atoms with van der Waals surface area (Å²) in [6, 6.07) is -0.0241. The summed E-state index contributed by atoms with van der Waals surface area (Å²) in [5.74, 6) is -0.214. The van der Waals surface area contributed by atoms with Crippen LogP contribution in [-0.4, -0.2) is 60.4 Å². The minimum Gasteiger partial charge on any atom is -0.480 e. The maximum Gasteiger partial charge on any atom is 0.322 e. The van der Waals surface area contributed by atoms with Crippen molar-refractivity contribution in [3.63, 3.8) is 0 Å². The quantitative estimate of drug-likeness (QED) is 0.772. The van der Waals surface area contributed by atoms with Gasteiger partial charge in [-0.15, -0.1) is 0 Å². The SMILES string of the molecule is CC(C)C1CC(N2CCNCC2C(=O)O)CCO1. The molecule has 2 saturated heterocycles. The highest BCUT2D eigenvalue weighted by atomic mass is 16.5. The highest BCUT2D eigenvalue weighted by Gasteiger charge is 2.36. The largest absolute Gasteiger partial charge is 0.480 e. The molecule has 2 aliphatic heterocycles. The van der Waals surface area contributed by atoms with Gasteiger partial charge in [0, 0.05) is 32.3 Å². The normalized spacial score (nSPS) is 34.7. The van der Waals surface area contributed by atoms with Crippen LogP contribution in [0.4, 0.5) is 0 Å². The Bertz CT molecular complexity index is 296. The zero-order valence-corrected chi connectivity index (χ0v) is 11.3. The first kappa shape index (κ1) is 13.8. The molecule has 0 aromatic heterocycles. The molecule has 0 spiro atoms. The molecule has 104 valence electrons. The lowest BCUT2D eigenvalue weighted by molar-refractivity contribution is -0.147. The van der Waals surface area contributed by atoms with Crippen LogP contribution in [-0.2, 0) is 9.53 Å². The zero-order chi connectivity index (χ0) is 13.1. The molecular formula is C13H24N2O3. The fourth-order valence-corrected chi connectivity index (χ4v) is 2.96. The van der Waals surface area contributed by atoms with Gasteiger partial charge in [0.2, 0.25) is 0 Å². The number of aliphatic carboxylic acids is 1. The Kier molecular flexibility index (Phi) is 4.59. The minimum absolute atomic E-state index is 0.271. The Morgan fingerprint density at radius 3 is 2.94 bits per heavy atom. The first-order chi connectivity index (χ1) is 8.59. The minimum atomic E-state index is -0.713. The van der Waals surface area contributed by atoms with E-state index in [2.05, 4.69) is 24.1 Å². The Morgan fingerprint density at radius 2 is 2.28 bits per heavy atom. The summed E-state index contributed by atoms with van der Waals surface area (Å²) in [5.41, 5.74) is 0. The average Bonchev–Trinajstić information content (AvgIpc) is 2.39. The van der Waals surface area contributed by atoms with Gasteiger partial charge in [-0.05, 0) is 18.8 Å². The smallest absolute Gasteiger partial charge is 0.322 e. The van der Waals surface area contributed by atoms with Crippen LogP contribution in [0.25, 0.3) is 0 Å². The molecular weight excluding hydrogens is 232 g/mol. The van der Waals surface area contributed by atoms with E-state index in [4.69, 9.17) is 4.74 Å². The van der Waals surface area contributed by atoms with Crippen LogP contribution >= 0.6 is 0 Å². The molecule has 5 nitrogen and oxygen atoms in total. The summed E-state index contributed by atoms with van der Waals surface area (Å²) >= 11 is 0. The molecule has 2 heterocycles. The number of hydrogen-bond donors (Lipinski definition) is 2. The van der Waals surface area contributed by atoms with E-state index in [1.54, 1.807) is 0 Å². The van der Waals surface area contributed by atoms with E-state index in [0.29, 0.717) is 18.5 Å². The van der Waals surface area contributed by atoms with Gasteiger partial charge in [0.15, 0.2) is 0 Å². The molecule has 2 rings (SSSR count). The number of hydrogen-bond acceptors (Lipinski definition) is 4. The van der Waals surface area contributed by atoms with E-state index in [1.165, 1.54) is 0 Å². The average molecular weight is 256 g/mol. The fourth-order valence-electron chi connectivity index (χ4n) is 2.96. The fraction of sp³-hybridized carbons (Fsp3) is 0.923. The lowest BCUT2D eigenvalue weighted by atomic mass is 9.93. The predicted molar refractivity (Wildman–Crippen MR) is 68.6 cm³/mol. The third-order valence-corrected chi connectivity index (χ3v) is 4.07. The van der Waals surface area contributed by atoms with Crippen molar-refractivity contribution >= 4 is 5.97 Å². The van der Waals surface area contributed by atoms with Gasteiger partial charge < -0.3 is 15.2 Å². The van der Waals surface area contributed by atoms with Gasteiger partial charge in [-0.2, -0.15) is 0 Å². The number of nitrogens with one attached hydrogen (secondary N) is 1. The van der Waals surface area contributed by atoms with Crippen molar-refractivity contribution in [2.45, 2.75) is 44.9 Å². The van der Waals surface area contributed by atoms with E-state index in [-0.39, 0.29) is 12.1 Å². The molecule has 0 bridgehead atoms. The van der Waals surface area contributed by atoms with Crippen molar-refractivity contribution in [2.24, 2.45) is 5.92 Å². The number of carbonyl (C=O) groups is 1. The molecule has 0 amide bonds. The molecule has 3 atom stereocenters. The van der Waals surface area contributed by atoms with E-state index in [1.807, 2.05) is 0 Å². The Labute approximate surface area is 108 Å². The number of carboxylic acid groups (broad SMARTS) is 1. The van der Waals surface area contributed by atoms with Gasteiger partial charge >= 0.3 is 5.97 Å². The van der Waals surface area contributed by atoms with Crippen molar-refractivity contribution < 1.29 is 14.6 Å². The molecule has 0 aromatic carbocycles. The second-order valence-corrected chi connectivity index (χ2v) is 5.63. The Hall–Kier alpha value is -0.650. The maximum atomic E-state index is 11.3. The van der Waals surface area contributed by atoms with Crippen LogP contribution in [0.15, 0.2) is 0 Å². The number of carboxylic acids is 1. The monoisotopic (exact) mass is 256 g/mol. The van der Waals surface area contributed by atoms with Crippen LogP contribution in [0.3, 0.4) is 0 Å². The summed E-state index contributed by atoms with van der Waals surface area (Å²) in [4.78, 5) is 13.5. The number of nitrogens with zero attached hydrogens (tertiary/aromatic N) is 1. The summed E-state index contributed by atoms with van der Waals surface area (Å²) in [6.45, 7) is 7.35. The van der Waals surface area contributed by atoms with Crippen LogP contribution in [0.1, 0.15) is 26.7 Å². The summed E-state index contributed by atoms with van der Waals surface area (Å²) in [6.07, 6.45) is 2.18. The van der Waals surface area contributed by atoms with Gasteiger partial charge in [0.25, 0.3) is 0 Å². The topological polar surface area (TPSA) is 61.8 Å². The number of rotatable bonds is 3. The van der Waals surface area contributed by atoms with Gasteiger partial charge in [0.1, 0.15) is 6.04 Å². The van der Waals surface area contributed by atoms with Crippen molar-refractivity contribution in [1.29, 1.82) is 0 Å². The van der Waals surface area contributed by atoms with E-state index < -0.39 is 5.97 Å². The lowest BCUT2D eigenvalue weighted by Crippen LogP contribution is -2.59. The van der Waals surface area contributed by atoms with E-state index in [0.717, 1.165) is 32.5 Å². The molecule has 18 heavy (non-hydrogen) atoms. The molecule has 2 N–H and O–H groups in total. The lowest BCUT2D eigenvalue weighted by Gasteiger charge is -2.43. The molecule has 0 saturated carbocycles. The Morgan fingerprint density at radius 1 is 1.50 bits per heavy atom. The highest BCUT2D eigenvalue weighted by molar-refractivity contribution is 5.74. The van der Waals surface area contributed by atoms with Crippen LogP contribution < -0.4 is 5.32 Å². The molecule has 2 aliphatic rings. The van der Waals surface area contributed by atoms with Crippen LogP contribution in [0.2, 0.25) is 0 Å². The van der Waals surface area contributed by atoms with E-state index >= 15 is 0 Å². The maximum absolute atomic E-state index is 11.3. The molecule has 2 fully saturated rings. The third-order valence-electron chi connectivity index (χ3n) is 4.07. The highest BCUT2D eigenvalue weighted by Crippen LogP contribution is 2.25. The van der Waals surface area contributed by atoms with E-state index in [9.17, 15) is 9.90 Å². The van der Waals surface area contributed by atoms with Gasteiger partial charge in [-0.25, -0.2) is 0 Å². The molecule has 0 radical (unpaired) electrons. The second-order valence-electron chi connectivity index (χ2n) is 5.63. The van der Waals surface area contributed by atoms with Gasteiger partial charge in [-0.1, -0.05) is 13.8 Å². The first-order valence-electron chi connectivity index (χ1n) is 6.90. The van der Waals surface area contributed by atoms with Crippen molar-refractivity contribution in [2.75, 3.05) is 26.2 Å². The van der Waals surface area contributed by atoms with Crippen molar-refractivity contribution in [1.82, 2.24) is 10.2 Å². The van der Waals surface area contributed by atoms with Crippen LogP contribution in [0.5, 0.6) is 0 Å². The molecule has 5 heteroatoms. The van der Waals surface area contributed by atoms with Crippen LogP contribution in [0, 0.1) is 5.92 Å². The molecule has 0 aliphatic carbocycles. The summed E-state index contributed by atoms with van der Waals surface area (Å²) < 4.78 is 5.77. The number of piperazine rings is 1. The zero-order valence-electron chi connectivity index (χ0n) is 11.3. The van der Waals surface area contributed by atoms with Crippen molar-refractivity contribution in [3.05, 3.63) is 0 Å². The third kappa shape index (κ3) is 3.02. The van der Waals surface area contributed by atoms with Gasteiger partial charge in [-0.3, -0.25) is 9.69 Å². The Balaban J connectivity index is 2.01.